The van der Waals surface area contributed by atoms with Crippen LogP contribution in [0.25, 0.3) is 33.4 Å². The second kappa shape index (κ2) is 15.1. The van der Waals surface area contributed by atoms with Crippen molar-refractivity contribution >= 4 is 34.1 Å². The van der Waals surface area contributed by atoms with Gasteiger partial charge in [0, 0.05) is 39.0 Å². The first kappa shape index (κ1) is 39.0. The molecule has 1 fully saturated rings. The van der Waals surface area contributed by atoms with Gasteiger partial charge < -0.3 is 9.80 Å². The van der Waals surface area contributed by atoms with Crippen LogP contribution in [0.4, 0.5) is 34.1 Å². The Hall–Kier alpha value is -7.42. The first-order valence-corrected chi connectivity index (χ1v) is 23.9. The molecule has 2 heteroatoms. The van der Waals surface area contributed by atoms with E-state index in [4.69, 9.17) is 0 Å². The fraction of sp³-hybridized carbons (Fsp3) is 0.156. The maximum Gasteiger partial charge on any atom is 0.0618 e. The smallest absolute Gasteiger partial charge is 0.0618 e. The largest absolute Gasteiger partial charge is 0.310 e. The summed E-state index contributed by atoms with van der Waals surface area (Å²) in [4.78, 5) is 5.25. The zero-order chi connectivity index (χ0) is 44.0. The summed E-state index contributed by atoms with van der Waals surface area (Å²) in [7, 11) is 0. The van der Waals surface area contributed by atoms with Crippen molar-refractivity contribution in [3.8, 4) is 33.4 Å². The van der Waals surface area contributed by atoms with Crippen LogP contribution in [-0.4, -0.2) is 0 Å². The van der Waals surface area contributed by atoms with E-state index in [1.807, 2.05) is 0 Å². The van der Waals surface area contributed by atoms with Crippen molar-refractivity contribution in [1.29, 1.82) is 0 Å². The van der Waals surface area contributed by atoms with Gasteiger partial charge in [-0.1, -0.05) is 184 Å². The Kier molecular flexibility index (Phi) is 8.90. The van der Waals surface area contributed by atoms with Crippen molar-refractivity contribution in [3.63, 3.8) is 0 Å². The summed E-state index contributed by atoms with van der Waals surface area (Å²) in [6.45, 7) is 4.82. The number of fused-ring (bicyclic) bond motifs is 5. The SMILES string of the molecule is CC1(C)c2ccccc2-c2ccc(N(c3cccc4c3C35c6c(cccc6N(c6ccccc6)c6ccccc6)CC3CCC5C4)c3c(-c4ccccc4)cccc3-c3ccccc3)cc21. The van der Waals surface area contributed by atoms with Crippen LogP contribution in [0.5, 0.6) is 0 Å². The van der Waals surface area contributed by atoms with E-state index in [0.717, 1.165) is 12.8 Å². The molecule has 0 radical (unpaired) electrons. The lowest BCUT2D eigenvalue weighted by molar-refractivity contribution is 0.350. The zero-order valence-corrected chi connectivity index (χ0v) is 37.7. The monoisotopic (exact) mass is 848 g/mol. The van der Waals surface area contributed by atoms with Crippen LogP contribution in [0.2, 0.25) is 0 Å². The predicted molar refractivity (Wildman–Crippen MR) is 275 cm³/mol. The van der Waals surface area contributed by atoms with Crippen molar-refractivity contribution in [2.75, 3.05) is 9.80 Å². The Labute approximate surface area is 389 Å². The second-order valence-electron chi connectivity index (χ2n) is 19.5. The molecule has 0 aliphatic heterocycles. The maximum absolute atomic E-state index is 2.71. The van der Waals surface area contributed by atoms with Gasteiger partial charge in [-0.25, -0.2) is 0 Å². The van der Waals surface area contributed by atoms with Gasteiger partial charge in [0.05, 0.1) is 17.1 Å². The van der Waals surface area contributed by atoms with Crippen LogP contribution in [0.15, 0.2) is 218 Å². The minimum absolute atomic E-state index is 0.161. The highest BCUT2D eigenvalue weighted by atomic mass is 15.2. The summed E-state index contributed by atoms with van der Waals surface area (Å²) in [5.74, 6) is 0.977. The summed E-state index contributed by atoms with van der Waals surface area (Å²) in [6, 6.07) is 82.1. The minimum Gasteiger partial charge on any atom is -0.310 e. The molecular formula is C64H52N2. The Morgan fingerprint density at radius 1 is 0.379 bits per heavy atom. The highest BCUT2D eigenvalue weighted by molar-refractivity contribution is 6.00. The van der Waals surface area contributed by atoms with Crippen LogP contribution < -0.4 is 9.80 Å². The second-order valence-corrected chi connectivity index (χ2v) is 19.5. The summed E-state index contributed by atoms with van der Waals surface area (Å²) < 4.78 is 0. The maximum atomic E-state index is 2.71. The van der Waals surface area contributed by atoms with Crippen LogP contribution >= 0.6 is 0 Å². The molecule has 318 valence electrons. The average Bonchev–Trinajstić information content (AvgIpc) is 4.07. The quantitative estimate of drug-likeness (QED) is 0.150. The number of rotatable bonds is 8. The summed E-state index contributed by atoms with van der Waals surface area (Å²) in [5, 5.41) is 0. The molecule has 3 unspecified atom stereocenters. The molecule has 1 spiro atoms. The molecule has 0 saturated heterocycles. The molecule has 66 heavy (non-hydrogen) atoms. The zero-order valence-electron chi connectivity index (χ0n) is 37.7. The van der Waals surface area contributed by atoms with Crippen LogP contribution in [0.3, 0.4) is 0 Å². The fourth-order valence-corrected chi connectivity index (χ4v) is 13.3. The highest BCUT2D eigenvalue weighted by Crippen LogP contribution is 2.69. The third-order valence-electron chi connectivity index (χ3n) is 15.9. The molecule has 3 atom stereocenters. The van der Waals surface area contributed by atoms with Gasteiger partial charge in [-0.15, -0.1) is 0 Å². The van der Waals surface area contributed by atoms with Crippen LogP contribution in [0, 0.1) is 11.8 Å². The molecule has 9 aromatic carbocycles. The fourth-order valence-electron chi connectivity index (χ4n) is 13.3. The summed E-state index contributed by atoms with van der Waals surface area (Å²) in [5.41, 5.74) is 23.4. The van der Waals surface area contributed by atoms with E-state index in [1.54, 1.807) is 0 Å². The third kappa shape index (κ3) is 5.67. The van der Waals surface area contributed by atoms with Gasteiger partial charge in [0.1, 0.15) is 0 Å². The molecule has 0 amide bonds. The van der Waals surface area contributed by atoms with Gasteiger partial charge in [0.25, 0.3) is 0 Å². The van der Waals surface area contributed by atoms with Gasteiger partial charge >= 0.3 is 0 Å². The molecule has 4 aliphatic rings. The van der Waals surface area contributed by atoms with Gasteiger partial charge in [-0.2, -0.15) is 0 Å². The van der Waals surface area contributed by atoms with Crippen molar-refractivity contribution in [2.24, 2.45) is 11.8 Å². The molecule has 0 N–H and O–H groups in total. The van der Waals surface area contributed by atoms with Gasteiger partial charge in [0.15, 0.2) is 0 Å². The molecule has 0 bridgehead atoms. The topological polar surface area (TPSA) is 6.48 Å². The van der Waals surface area contributed by atoms with Gasteiger partial charge in [-0.05, 0) is 142 Å². The lowest BCUT2D eigenvalue weighted by Gasteiger charge is -2.41. The van der Waals surface area contributed by atoms with Gasteiger partial charge in [0.2, 0.25) is 0 Å². The molecule has 0 aromatic heterocycles. The molecule has 0 heterocycles. The average molecular weight is 849 g/mol. The molecule has 1 saturated carbocycles. The molecule has 4 aliphatic carbocycles. The van der Waals surface area contributed by atoms with Gasteiger partial charge in [-0.3, -0.25) is 0 Å². The predicted octanol–water partition coefficient (Wildman–Crippen LogP) is 16.7. The summed E-state index contributed by atoms with van der Waals surface area (Å²) in [6.07, 6.45) is 4.62. The highest BCUT2D eigenvalue weighted by Gasteiger charge is 2.62. The number of para-hydroxylation sites is 3. The Morgan fingerprint density at radius 2 is 0.833 bits per heavy atom. The number of benzene rings is 9. The van der Waals surface area contributed by atoms with Crippen LogP contribution in [0.1, 0.15) is 60.1 Å². The minimum atomic E-state index is -0.182. The van der Waals surface area contributed by atoms with E-state index in [9.17, 15) is 0 Å². The normalized spacial score (nSPS) is 19.0. The Balaban J connectivity index is 1.12. The number of nitrogens with zero attached hydrogens (tertiary/aromatic N) is 2. The summed E-state index contributed by atoms with van der Waals surface area (Å²) >= 11 is 0. The standard InChI is InChI=1S/C64H52N2/c1-63(2)56-33-16-15-30-54(56)55-39-38-51(42-57(55)63)66(62-52(43-20-7-3-8-21-43)31-19-32-53(62)44-22-9-4-10-23-44)59-35-18-25-46-41-48-37-36-47-40-45-24-17-34-58(60(45)64(47,48)61(46)59)65(49-26-11-5-12-27-49)50-28-13-6-14-29-50/h3-35,38-39,42,47-48H,36-37,40-41H2,1-2H3. The Bertz CT molecular complexity index is 3190. The third-order valence-corrected chi connectivity index (χ3v) is 15.9. The van der Waals surface area contributed by atoms with E-state index in [2.05, 4.69) is 242 Å². The molecule has 9 aromatic rings. The van der Waals surface area contributed by atoms with Crippen molar-refractivity contribution in [3.05, 3.63) is 252 Å². The Morgan fingerprint density at radius 3 is 1.39 bits per heavy atom. The van der Waals surface area contributed by atoms with Crippen molar-refractivity contribution < 1.29 is 0 Å². The number of hydrogen-bond acceptors (Lipinski definition) is 2. The lowest BCUT2D eigenvalue weighted by atomic mass is 9.68. The number of anilines is 6. The lowest BCUT2D eigenvalue weighted by Crippen LogP contribution is -2.34. The molecular weight excluding hydrogens is 797 g/mol. The van der Waals surface area contributed by atoms with Crippen molar-refractivity contribution in [1.82, 2.24) is 0 Å². The van der Waals surface area contributed by atoms with E-state index >= 15 is 0 Å². The first-order valence-electron chi connectivity index (χ1n) is 23.9. The van der Waals surface area contributed by atoms with E-state index in [1.165, 1.54) is 114 Å². The van der Waals surface area contributed by atoms with E-state index < -0.39 is 0 Å². The number of hydrogen-bond donors (Lipinski definition) is 0. The van der Waals surface area contributed by atoms with E-state index in [-0.39, 0.29) is 10.8 Å². The van der Waals surface area contributed by atoms with Crippen LogP contribution in [-0.2, 0) is 23.7 Å². The molecule has 13 rings (SSSR count). The first-order chi connectivity index (χ1) is 32.5. The van der Waals surface area contributed by atoms with E-state index in [0.29, 0.717) is 11.8 Å². The molecule has 2 nitrogen and oxygen atoms in total. The van der Waals surface area contributed by atoms with Crippen molar-refractivity contribution in [2.45, 2.75) is 50.4 Å².